The fourth-order valence-electron chi connectivity index (χ4n) is 0. The van der Waals surface area contributed by atoms with Crippen LogP contribution in [-0.2, 0) is 18.9 Å². The number of aliphatic carboxylic acids is 3. The molecule has 0 aromatic rings. The van der Waals surface area contributed by atoms with E-state index in [-0.39, 0.29) is 9.90 Å². The van der Waals surface area contributed by atoms with Crippen molar-refractivity contribution in [2.24, 2.45) is 0 Å². The second kappa shape index (κ2) is 24.2. The number of rotatable bonds is 0. The van der Waals surface area contributed by atoms with Gasteiger partial charge in [-0.05, 0) is 0 Å². The highest BCUT2D eigenvalue weighted by atomic mass is 31.1. The lowest BCUT2D eigenvalue weighted by Gasteiger charge is -1.59. The maximum Gasteiger partial charge on any atom is 0.692 e. The molecule has 0 saturated carbocycles. The average Bonchev–Trinajstić information content (AvgIpc) is 1.76. The van der Waals surface area contributed by atoms with E-state index in [1.54, 1.807) is 0 Å². The zero-order chi connectivity index (χ0) is 14.3. The van der Waals surface area contributed by atoms with Crippen LogP contribution in [0.2, 0.25) is 0 Å². The van der Waals surface area contributed by atoms with Crippen molar-refractivity contribution in [1.29, 1.82) is 0 Å². The van der Waals surface area contributed by atoms with Gasteiger partial charge in [-0.15, -0.1) is 9.79 Å². The van der Waals surface area contributed by atoms with Crippen molar-refractivity contribution >= 4 is 36.1 Å². The molecule has 0 bridgehead atoms. The lowest BCUT2D eigenvalue weighted by Crippen LogP contribution is -1.78. The molecular weight excluding hydrogens is 278 g/mol. The molecule has 1 atom stereocenters. The molecule has 0 heterocycles. The van der Waals surface area contributed by atoms with Crippen molar-refractivity contribution < 1.29 is 44.1 Å². The van der Waals surface area contributed by atoms with Crippen LogP contribution in [0.1, 0.15) is 20.8 Å². The van der Waals surface area contributed by atoms with Crippen molar-refractivity contribution in [3.8, 4) is 0 Å². The van der Waals surface area contributed by atoms with E-state index >= 15 is 0 Å². The molecule has 0 spiro atoms. The van der Waals surface area contributed by atoms with Gasteiger partial charge in [0, 0.05) is 25.3 Å². The summed E-state index contributed by atoms with van der Waals surface area (Å²) in [6, 6.07) is 0. The monoisotopic (exact) mass is 295 g/mol. The maximum absolute atomic E-state index is 9.00. The lowest BCUT2D eigenvalue weighted by atomic mass is 10.9. The minimum absolute atomic E-state index is 0. The number of carboxylic acids is 3. The molecule has 104 valence electrons. The smallest absolute Gasteiger partial charge is 0.481 e. The molecule has 0 aliphatic rings. The summed E-state index contributed by atoms with van der Waals surface area (Å²) in [5.74, 6) is -2.50. The molecule has 11 heteroatoms. The van der Waals surface area contributed by atoms with Crippen molar-refractivity contribution in [2.75, 3.05) is 0 Å². The first kappa shape index (κ1) is 29.7. The van der Waals surface area contributed by atoms with Crippen molar-refractivity contribution in [1.82, 2.24) is 0 Å². The number of hydrogen-bond acceptors (Lipinski definition) is 4. The summed E-state index contributed by atoms with van der Waals surface area (Å²) in [6.45, 7) is 3.25. The minimum atomic E-state index is -2.87. The predicted molar refractivity (Wildman–Crippen MR) is 63.1 cm³/mol. The fraction of sp³-hybridized carbons (Fsp3) is 0.500. The Morgan fingerprint density at radius 1 is 0.765 bits per heavy atom. The first-order valence-electron chi connectivity index (χ1n) is 3.37. The zero-order valence-corrected chi connectivity index (χ0v) is 11.8. The topological polar surface area (TPSA) is 169 Å². The van der Waals surface area contributed by atoms with Gasteiger partial charge in [-0.2, -0.15) is 9.90 Å². The second-order valence-electron chi connectivity index (χ2n) is 1.81. The van der Waals surface area contributed by atoms with Gasteiger partial charge < -0.3 is 15.3 Å². The van der Waals surface area contributed by atoms with Gasteiger partial charge in [-0.3, -0.25) is 14.4 Å². The van der Waals surface area contributed by atoms with E-state index in [0.29, 0.717) is 0 Å². The summed E-state index contributed by atoms with van der Waals surface area (Å²) >= 11 is 0. The van der Waals surface area contributed by atoms with Gasteiger partial charge in [0.05, 0.1) is 0 Å². The normalized spacial score (nSPS) is 5.94. The van der Waals surface area contributed by atoms with Crippen LogP contribution in [0.3, 0.4) is 0 Å². The van der Waals surface area contributed by atoms with E-state index in [4.69, 9.17) is 44.1 Å². The summed E-state index contributed by atoms with van der Waals surface area (Å²) in [5.41, 5.74) is 0. The molecule has 9 nitrogen and oxygen atoms in total. The Hall–Kier alpha value is -1.14. The van der Waals surface area contributed by atoms with E-state index in [0.717, 1.165) is 20.8 Å². The molecule has 0 aliphatic carbocycles. The van der Waals surface area contributed by atoms with E-state index in [1.165, 1.54) is 0 Å². The van der Waals surface area contributed by atoms with Crippen LogP contribution in [0.4, 0.5) is 0 Å². The van der Waals surface area contributed by atoms with Gasteiger partial charge in [0.15, 0.2) is 0 Å². The van der Waals surface area contributed by atoms with Crippen LogP contribution in [0, 0.1) is 0 Å². The molecule has 0 fully saturated rings. The third-order valence-corrected chi connectivity index (χ3v) is 0. The Bertz CT molecular complexity index is 164. The summed E-state index contributed by atoms with van der Waals surface area (Å²) < 4.78 is 8.70. The van der Waals surface area contributed by atoms with Gasteiger partial charge in [0.2, 0.25) is 0 Å². The first-order valence-corrected chi connectivity index (χ1v) is 4.53. The fourth-order valence-corrected chi connectivity index (χ4v) is 0. The highest BCUT2D eigenvalue weighted by Gasteiger charge is 1.93. The molecule has 1 unspecified atom stereocenters. The largest absolute Gasteiger partial charge is 0.692 e. The summed E-state index contributed by atoms with van der Waals surface area (Å²) in [7, 11) is -2.87. The number of hydrogen-bond donors (Lipinski definition) is 5. The van der Waals surface area contributed by atoms with Gasteiger partial charge >= 0.3 is 8.25 Å². The second-order valence-corrected chi connectivity index (χ2v) is 2.32. The van der Waals surface area contributed by atoms with Crippen LogP contribution in [0.5, 0.6) is 0 Å². The maximum atomic E-state index is 9.00. The quantitative estimate of drug-likeness (QED) is 0.384. The predicted octanol–water partition coefficient (Wildman–Crippen LogP) is -0.0408. The summed E-state index contributed by atoms with van der Waals surface area (Å²) in [5, 5.41) is 22.2. The molecule has 0 aliphatic heterocycles. The SMILES string of the molecule is CC(=O)O.CC(=O)O.CC(=O)O.O=[P+](O)O.P. The highest BCUT2D eigenvalue weighted by molar-refractivity contribution is 7.30. The third kappa shape index (κ3) is 1890. The summed E-state index contributed by atoms with van der Waals surface area (Å²) in [6.07, 6.45) is 0. The molecule has 0 radical (unpaired) electrons. The molecular formula is C6H17O9P2+. The summed E-state index contributed by atoms with van der Waals surface area (Å²) in [4.78, 5) is 41.2. The molecule has 0 amide bonds. The van der Waals surface area contributed by atoms with Crippen LogP contribution >= 0.6 is 18.2 Å². The molecule has 0 aromatic heterocycles. The Kier molecular flexibility index (Phi) is 42.3. The van der Waals surface area contributed by atoms with Gasteiger partial charge in [0.1, 0.15) is 0 Å². The standard InChI is InChI=1S/3C2H4O2.HO3P.H3P/c3*1-2(3)4;1-4(2)3;/h3*1H3,(H,3,4);(H-,1,2,3);1H3/p+1. The Balaban J connectivity index is -0.0000000369. The van der Waals surface area contributed by atoms with Gasteiger partial charge in [-0.1, -0.05) is 0 Å². The first-order chi connectivity index (χ1) is 6.93. The average molecular weight is 295 g/mol. The molecule has 5 N–H and O–H groups in total. The van der Waals surface area contributed by atoms with E-state index < -0.39 is 26.2 Å². The van der Waals surface area contributed by atoms with Crippen LogP contribution in [0.15, 0.2) is 0 Å². The highest BCUT2D eigenvalue weighted by Crippen LogP contribution is 1.98. The van der Waals surface area contributed by atoms with E-state index in [1.807, 2.05) is 0 Å². The van der Waals surface area contributed by atoms with Crippen molar-refractivity contribution in [3.05, 3.63) is 0 Å². The third-order valence-electron chi connectivity index (χ3n) is 0. The molecule has 0 saturated heterocycles. The number of carboxylic acid groups (broad SMARTS) is 3. The van der Waals surface area contributed by atoms with Crippen LogP contribution in [0.25, 0.3) is 0 Å². The van der Waals surface area contributed by atoms with Crippen LogP contribution in [-0.4, -0.2) is 43.0 Å². The molecule has 17 heavy (non-hydrogen) atoms. The lowest BCUT2D eigenvalue weighted by molar-refractivity contribution is -0.135. The number of carbonyl (C=O) groups is 3. The Morgan fingerprint density at radius 2 is 0.765 bits per heavy atom. The van der Waals surface area contributed by atoms with E-state index in [9.17, 15) is 0 Å². The zero-order valence-electron chi connectivity index (χ0n) is 9.52. The van der Waals surface area contributed by atoms with E-state index in [2.05, 4.69) is 0 Å². The minimum Gasteiger partial charge on any atom is -0.481 e. The van der Waals surface area contributed by atoms with Gasteiger partial charge in [0.25, 0.3) is 17.9 Å². The van der Waals surface area contributed by atoms with Gasteiger partial charge in [-0.25, -0.2) is 0 Å². The Labute approximate surface area is 102 Å². The van der Waals surface area contributed by atoms with Crippen LogP contribution < -0.4 is 0 Å². The molecule has 0 aromatic carbocycles. The molecule has 0 rings (SSSR count). The van der Waals surface area contributed by atoms with Crippen molar-refractivity contribution in [2.45, 2.75) is 20.8 Å². The van der Waals surface area contributed by atoms with Crippen molar-refractivity contribution in [3.63, 3.8) is 0 Å². The Morgan fingerprint density at radius 3 is 0.765 bits per heavy atom.